The number of rotatable bonds is 5. The molecule has 4 fully saturated rings. The number of aliphatic hydroxyl groups is 1. The number of aromatic nitrogens is 2. The fourth-order valence-corrected chi connectivity index (χ4v) is 6.36. The van der Waals surface area contributed by atoms with E-state index in [4.69, 9.17) is 20.9 Å². The molecule has 0 saturated heterocycles. The molecule has 1 heterocycles. The van der Waals surface area contributed by atoms with Gasteiger partial charge in [-0.1, -0.05) is 28.9 Å². The van der Waals surface area contributed by atoms with E-state index in [1.54, 1.807) is 12.1 Å². The summed E-state index contributed by atoms with van der Waals surface area (Å²) in [6.07, 6.45) is 6.14. The number of benzene rings is 1. The quantitative estimate of drug-likeness (QED) is 0.756. The fourth-order valence-electron chi connectivity index (χ4n) is 6.17. The number of hydrogen-bond donors (Lipinski definition) is 1. The van der Waals surface area contributed by atoms with Crippen molar-refractivity contribution in [2.45, 2.75) is 57.2 Å². The van der Waals surface area contributed by atoms with Crippen molar-refractivity contribution in [3.63, 3.8) is 0 Å². The van der Waals surface area contributed by atoms with Crippen LogP contribution in [0, 0.1) is 17.3 Å². The zero-order valence-electron chi connectivity index (χ0n) is 15.6. The van der Waals surface area contributed by atoms with Gasteiger partial charge in [-0.15, -0.1) is 0 Å². The lowest BCUT2D eigenvalue weighted by Gasteiger charge is -2.60. The molecule has 4 aliphatic carbocycles. The van der Waals surface area contributed by atoms with Gasteiger partial charge in [0.1, 0.15) is 0 Å². The molecule has 0 aliphatic heterocycles. The van der Waals surface area contributed by atoms with E-state index in [0.29, 0.717) is 29.1 Å². The Labute approximate surface area is 168 Å². The van der Waals surface area contributed by atoms with Gasteiger partial charge in [0, 0.05) is 10.6 Å². The van der Waals surface area contributed by atoms with Crippen molar-refractivity contribution in [1.82, 2.24) is 10.1 Å². The minimum Gasteiger partial charge on any atom is -0.456 e. The highest BCUT2D eigenvalue weighted by Crippen LogP contribution is 2.62. The maximum atomic E-state index is 12.5. The van der Waals surface area contributed by atoms with Crippen molar-refractivity contribution in [2.24, 2.45) is 17.3 Å². The van der Waals surface area contributed by atoms with E-state index in [-0.39, 0.29) is 23.9 Å². The number of ether oxygens (including phenoxy) is 1. The molecule has 1 aromatic heterocycles. The third-order valence-corrected chi connectivity index (χ3v) is 6.81. The van der Waals surface area contributed by atoms with E-state index in [9.17, 15) is 9.90 Å². The van der Waals surface area contributed by atoms with Gasteiger partial charge >= 0.3 is 5.97 Å². The van der Waals surface area contributed by atoms with E-state index in [1.807, 2.05) is 12.1 Å². The number of esters is 1. The molecule has 28 heavy (non-hydrogen) atoms. The molecular weight excluding hydrogens is 380 g/mol. The van der Waals surface area contributed by atoms with Crippen LogP contribution in [0.4, 0.5) is 0 Å². The summed E-state index contributed by atoms with van der Waals surface area (Å²) >= 11 is 5.99. The molecule has 4 atom stereocenters. The molecule has 4 saturated carbocycles. The van der Waals surface area contributed by atoms with E-state index in [2.05, 4.69) is 10.1 Å². The minimum atomic E-state index is -0.567. The van der Waals surface area contributed by atoms with Crippen LogP contribution in [0.15, 0.2) is 28.8 Å². The molecule has 4 aliphatic rings. The molecule has 0 amide bonds. The van der Waals surface area contributed by atoms with Gasteiger partial charge in [0.2, 0.25) is 5.82 Å². The van der Waals surface area contributed by atoms with Crippen molar-refractivity contribution in [2.75, 3.05) is 0 Å². The zero-order valence-corrected chi connectivity index (χ0v) is 16.3. The minimum absolute atomic E-state index is 0.0421. The van der Waals surface area contributed by atoms with Crippen LogP contribution in [0.25, 0.3) is 11.4 Å². The van der Waals surface area contributed by atoms with Gasteiger partial charge in [-0.3, -0.25) is 4.79 Å². The number of nitrogens with zero attached hydrogens (tertiary/aromatic N) is 2. The van der Waals surface area contributed by atoms with E-state index < -0.39 is 5.60 Å². The Balaban J connectivity index is 1.21. The number of hydrogen-bond acceptors (Lipinski definition) is 6. The van der Waals surface area contributed by atoms with Crippen LogP contribution in [0.3, 0.4) is 0 Å². The first-order valence-electron chi connectivity index (χ1n) is 9.87. The van der Waals surface area contributed by atoms with Gasteiger partial charge in [-0.2, -0.15) is 4.98 Å². The van der Waals surface area contributed by atoms with Crippen LogP contribution in [-0.2, 0) is 16.1 Å². The highest BCUT2D eigenvalue weighted by Gasteiger charge is 2.57. The standard InChI is InChI=1S/C21H23ClN2O4/c22-16-3-1-2-15(5-16)19-23-17(28-24-19)11-27-18(25)10-20-6-13-4-14(7-20)9-21(26,8-13)12-20/h1-3,5,13-14,26H,4,6-12H2/t13-,14+,20?,21?. The van der Waals surface area contributed by atoms with Gasteiger partial charge in [0.15, 0.2) is 6.61 Å². The highest BCUT2D eigenvalue weighted by molar-refractivity contribution is 6.30. The molecular formula is C21H23ClN2O4. The summed E-state index contributed by atoms with van der Waals surface area (Å²) in [5, 5.41) is 15.3. The first-order chi connectivity index (χ1) is 13.4. The second-order valence-corrected chi connectivity index (χ2v) is 9.48. The van der Waals surface area contributed by atoms with Gasteiger partial charge in [0.05, 0.1) is 12.0 Å². The summed E-state index contributed by atoms with van der Waals surface area (Å²) in [6.45, 7) is -0.0421. The van der Waals surface area contributed by atoms with Gasteiger partial charge in [0.25, 0.3) is 5.89 Å². The van der Waals surface area contributed by atoms with Crippen molar-refractivity contribution in [3.8, 4) is 11.4 Å². The largest absolute Gasteiger partial charge is 0.456 e. The van der Waals surface area contributed by atoms with E-state index >= 15 is 0 Å². The molecule has 0 spiro atoms. The Kier molecular flexibility index (Phi) is 4.25. The second kappa shape index (κ2) is 6.56. The first kappa shape index (κ1) is 18.1. The molecule has 6 rings (SSSR count). The van der Waals surface area contributed by atoms with E-state index in [1.165, 1.54) is 6.42 Å². The number of carbonyl (C=O) groups excluding carboxylic acids is 1. The van der Waals surface area contributed by atoms with Crippen LogP contribution >= 0.6 is 11.6 Å². The van der Waals surface area contributed by atoms with Crippen molar-refractivity contribution >= 4 is 17.6 Å². The molecule has 2 aromatic rings. The number of halogens is 1. The number of carbonyl (C=O) groups is 1. The van der Waals surface area contributed by atoms with Gasteiger partial charge in [-0.25, -0.2) is 0 Å². The molecule has 6 nitrogen and oxygen atoms in total. The lowest BCUT2D eigenvalue weighted by Crippen LogP contribution is -2.56. The average Bonchev–Trinajstić information content (AvgIpc) is 3.06. The van der Waals surface area contributed by atoms with Crippen LogP contribution in [-0.4, -0.2) is 26.8 Å². The van der Waals surface area contributed by atoms with Gasteiger partial charge < -0.3 is 14.4 Å². The molecule has 7 heteroatoms. The normalized spacial score (nSPS) is 33.2. The van der Waals surface area contributed by atoms with Crippen molar-refractivity contribution in [3.05, 3.63) is 35.2 Å². The monoisotopic (exact) mass is 402 g/mol. The van der Waals surface area contributed by atoms with Gasteiger partial charge in [-0.05, 0) is 67.9 Å². The smallest absolute Gasteiger partial charge is 0.306 e. The van der Waals surface area contributed by atoms with Crippen LogP contribution in [0.2, 0.25) is 5.02 Å². The summed E-state index contributed by atoms with van der Waals surface area (Å²) in [6, 6.07) is 7.17. The zero-order chi connectivity index (χ0) is 19.4. The van der Waals surface area contributed by atoms with E-state index in [0.717, 1.165) is 37.7 Å². The summed E-state index contributed by atoms with van der Waals surface area (Å²) in [5.74, 6) is 1.52. The maximum Gasteiger partial charge on any atom is 0.306 e. The second-order valence-electron chi connectivity index (χ2n) is 9.04. The highest BCUT2D eigenvalue weighted by atomic mass is 35.5. The van der Waals surface area contributed by atoms with Crippen molar-refractivity contribution < 1.29 is 19.2 Å². The lowest BCUT2D eigenvalue weighted by molar-refractivity contribution is -0.177. The fraction of sp³-hybridized carbons (Fsp3) is 0.571. The molecule has 2 unspecified atom stereocenters. The van der Waals surface area contributed by atoms with Crippen LogP contribution < -0.4 is 0 Å². The SMILES string of the molecule is O=C(CC12C[C@@H]3C[C@@H](CC(O)(C3)C1)C2)OCc1nc(-c2cccc(Cl)c2)no1. The maximum absolute atomic E-state index is 12.5. The third-order valence-electron chi connectivity index (χ3n) is 6.58. The molecule has 148 valence electrons. The molecule has 1 N–H and O–H groups in total. The van der Waals surface area contributed by atoms with Crippen LogP contribution in [0.5, 0.6) is 0 Å². The molecule has 0 radical (unpaired) electrons. The molecule has 4 bridgehead atoms. The predicted octanol–water partition coefficient (Wildman–Crippen LogP) is 4.15. The molecule has 1 aromatic carbocycles. The summed E-state index contributed by atoms with van der Waals surface area (Å²) in [7, 11) is 0. The Morgan fingerprint density at radius 2 is 2.07 bits per heavy atom. The first-order valence-corrected chi connectivity index (χ1v) is 10.2. The summed E-state index contributed by atoms with van der Waals surface area (Å²) in [4.78, 5) is 16.8. The Morgan fingerprint density at radius 3 is 2.79 bits per heavy atom. The topological polar surface area (TPSA) is 85.5 Å². The third kappa shape index (κ3) is 3.44. The Hall–Kier alpha value is -1.92. The van der Waals surface area contributed by atoms with Crippen molar-refractivity contribution in [1.29, 1.82) is 0 Å². The lowest BCUT2D eigenvalue weighted by atomic mass is 9.47. The van der Waals surface area contributed by atoms with Crippen LogP contribution in [0.1, 0.15) is 50.8 Å². The predicted molar refractivity (Wildman–Crippen MR) is 101 cm³/mol. The summed E-state index contributed by atoms with van der Waals surface area (Å²) in [5.41, 5.74) is 0.0787. The summed E-state index contributed by atoms with van der Waals surface area (Å²) < 4.78 is 10.6. The Morgan fingerprint density at radius 1 is 1.29 bits per heavy atom. The average molecular weight is 403 g/mol. The Bertz CT molecular complexity index is 897.